The fourth-order valence-corrected chi connectivity index (χ4v) is 3.60. The molecule has 0 saturated carbocycles. The van der Waals surface area contributed by atoms with Gasteiger partial charge in [0, 0.05) is 56.1 Å². The van der Waals surface area contributed by atoms with E-state index in [0.29, 0.717) is 6.42 Å². The topological polar surface area (TPSA) is 23.6 Å². The van der Waals surface area contributed by atoms with E-state index in [1.54, 1.807) is 11.8 Å². The van der Waals surface area contributed by atoms with Gasteiger partial charge in [-0.15, -0.1) is 11.8 Å². The molecule has 0 unspecified atom stereocenters. The Kier molecular flexibility index (Phi) is 6.68. The van der Waals surface area contributed by atoms with Crippen LogP contribution in [0.2, 0.25) is 0 Å². The number of carbonyl (C=O) groups is 1. The Bertz CT molecular complexity index is 664. The molecule has 0 aromatic heterocycles. The van der Waals surface area contributed by atoms with Crippen molar-refractivity contribution >= 4 is 17.5 Å². The van der Waals surface area contributed by atoms with Crippen LogP contribution in [0.5, 0.6) is 0 Å². The summed E-state index contributed by atoms with van der Waals surface area (Å²) in [6, 6.07) is 18.6. The summed E-state index contributed by atoms with van der Waals surface area (Å²) < 4.78 is 0. The van der Waals surface area contributed by atoms with E-state index >= 15 is 0 Å². The van der Waals surface area contributed by atoms with Gasteiger partial charge in [0.15, 0.2) is 5.78 Å². The molecule has 0 N–H and O–H groups in total. The molecule has 4 heteroatoms. The number of thioether (sulfide) groups is 1. The lowest BCUT2D eigenvalue weighted by Crippen LogP contribution is -2.46. The molecule has 132 valence electrons. The molecule has 0 spiro atoms. The maximum absolute atomic E-state index is 12.3. The summed E-state index contributed by atoms with van der Waals surface area (Å²) in [6.45, 7) is 6.13. The Hall–Kier alpha value is -1.62. The summed E-state index contributed by atoms with van der Waals surface area (Å²) in [4.78, 5) is 18.5. The first-order valence-electron chi connectivity index (χ1n) is 8.90. The highest BCUT2D eigenvalue weighted by Crippen LogP contribution is 2.16. The molecular weight excluding hydrogens is 328 g/mol. The number of hydrogen-bond donors (Lipinski definition) is 0. The second-order valence-corrected chi connectivity index (χ2v) is 7.38. The lowest BCUT2D eigenvalue weighted by atomic mass is 10.1. The van der Waals surface area contributed by atoms with Crippen LogP contribution in [0.1, 0.15) is 22.3 Å². The molecule has 1 aliphatic rings. The molecule has 2 aromatic carbocycles. The smallest absolute Gasteiger partial charge is 0.164 e. The number of piperazine rings is 1. The van der Waals surface area contributed by atoms with E-state index in [0.717, 1.165) is 44.8 Å². The Morgan fingerprint density at radius 1 is 0.920 bits per heavy atom. The Morgan fingerprint density at radius 2 is 1.56 bits per heavy atom. The van der Waals surface area contributed by atoms with Crippen molar-refractivity contribution in [3.05, 3.63) is 65.7 Å². The quantitative estimate of drug-likeness (QED) is 0.557. The minimum atomic E-state index is 0.249. The summed E-state index contributed by atoms with van der Waals surface area (Å²) in [5.74, 6) is 0.249. The molecule has 0 aliphatic carbocycles. The third-order valence-corrected chi connectivity index (χ3v) is 5.52. The predicted octanol–water partition coefficient (Wildman–Crippen LogP) is 3.80. The van der Waals surface area contributed by atoms with E-state index in [1.807, 2.05) is 30.5 Å². The largest absolute Gasteiger partial charge is 0.300 e. The van der Waals surface area contributed by atoms with Crippen molar-refractivity contribution in [2.45, 2.75) is 17.9 Å². The standard InChI is InChI=1S/C21H26N2OS/c1-25-20-9-7-19(8-10-20)21(24)11-12-22-13-15-23(16-14-22)17-18-5-3-2-4-6-18/h2-10H,11-17H2,1H3. The van der Waals surface area contributed by atoms with E-state index in [4.69, 9.17) is 0 Å². The maximum atomic E-state index is 12.3. The zero-order valence-corrected chi connectivity index (χ0v) is 15.7. The first-order valence-corrected chi connectivity index (χ1v) is 10.1. The lowest BCUT2D eigenvalue weighted by Gasteiger charge is -2.34. The number of carbonyl (C=O) groups excluding carboxylic acids is 1. The van der Waals surface area contributed by atoms with Crippen molar-refractivity contribution in [1.29, 1.82) is 0 Å². The van der Waals surface area contributed by atoms with E-state index < -0.39 is 0 Å². The van der Waals surface area contributed by atoms with E-state index in [2.05, 4.69) is 40.1 Å². The zero-order valence-electron chi connectivity index (χ0n) is 14.9. The molecule has 0 atom stereocenters. The van der Waals surface area contributed by atoms with Gasteiger partial charge in [-0.1, -0.05) is 42.5 Å². The molecule has 1 saturated heterocycles. The average Bonchev–Trinajstić information content (AvgIpc) is 2.68. The van der Waals surface area contributed by atoms with E-state index in [1.165, 1.54) is 10.5 Å². The summed E-state index contributed by atoms with van der Waals surface area (Å²) >= 11 is 1.70. The predicted molar refractivity (Wildman–Crippen MR) is 105 cm³/mol. The van der Waals surface area contributed by atoms with Crippen molar-refractivity contribution < 1.29 is 4.79 Å². The second-order valence-electron chi connectivity index (χ2n) is 6.51. The Balaban J connectivity index is 1.40. The fourth-order valence-electron chi connectivity index (χ4n) is 3.19. The number of rotatable bonds is 7. The van der Waals surface area contributed by atoms with Gasteiger partial charge in [0.2, 0.25) is 0 Å². The maximum Gasteiger partial charge on any atom is 0.164 e. The molecule has 0 bridgehead atoms. The van der Waals surface area contributed by atoms with Crippen LogP contribution in [0.3, 0.4) is 0 Å². The van der Waals surface area contributed by atoms with Gasteiger partial charge in [-0.2, -0.15) is 0 Å². The minimum absolute atomic E-state index is 0.249. The van der Waals surface area contributed by atoms with Gasteiger partial charge in [-0.05, 0) is 24.0 Å². The van der Waals surface area contributed by atoms with Gasteiger partial charge in [-0.3, -0.25) is 9.69 Å². The van der Waals surface area contributed by atoms with Gasteiger partial charge < -0.3 is 4.90 Å². The van der Waals surface area contributed by atoms with E-state index in [-0.39, 0.29) is 5.78 Å². The number of Topliss-reactive ketones (excluding diaryl/α,β-unsaturated/α-hetero) is 1. The van der Waals surface area contributed by atoms with Crippen LogP contribution in [0.4, 0.5) is 0 Å². The first kappa shape index (κ1) is 18.2. The number of ketones is 1. The van der Waals surface area contributed by atoms with Crippen LogP contribution < -0.4 is 0 Å². The van der Waals surface area contributed by atoms with Crippen LogP contribution in [0.15, 0.2) is 59.5 Å². The molecule has 1 heterocycles. The third-order valence-electron chi connectivity index (χ3n) is 4.78. The van der Waals surface area contributed by atoms with Crippen molar-refractivity contribution in [2.75, 3.05) is 39.0 Å². The van der Waals surface area contributed by atoms with Gasteiger partial charge >= 0.3 is 0 Å². The zero-order chi connectivity index (χ0) is 17.5. The normalized spacial score (nSPS) is 16.0. The minimum Gasteiger partial charge on any atom is -0.300 e. The number of benzene rings is 2. The van der Waals surface area contributed by atoms with Gasteiger partial charge in [0.05, 0.1) is 0 Å². The molecular formula is C21H26N2OS. The third kappa shape index (κ3) is 5.43. The van der Waals surface area contributed by atoms with Crippen LogP contribution in [-0.4, -0.2) is 54.6 Å². The monoisotopic (exact) mass is 354 g/mol. The Morgan fingerprint density at radius 3 is 2.20 bits per heavy atom. The highest BCUT2D eigenvalue weighted by Gasteiger charge is 2.17. The van der Waals surface area contributed by atoms with Crippen LogP contribution in [0, 0.1) is 0 Å². The molecule has 0 radical (unpaired) electrons. The average molecular weight is 355 g/mol. The van der Waals surface area contributed by atoms with Crippen molar-refractivity contribution in [3.63, 3.8) is 0 Å². The van der Waals surface area contributed by atoms with Gasteiger partial charge in [0.1, 0.15) is 0 Å². The molecule has 3 nitrogen and oxygen atoms in total. The van der Waals surface area contributed by atoms with Crippen molar-refractivity contribution in [3.8, 4) is 0 Å². The molecule has 25 heavy (non-hydrogen) atoms. The molecule has 1 aliphatic heterocycles. The Labute approximate surface area is 155 Å². The molecule has 1 fully saturated rings. The van der Waals surface area contributed by atoms with Crippen LogP contribution in [-0.2, 0) is 6.54 Å². The van der Waals surface area contributed by atoms with Crippen LogP contribution in [0.25, 0.3) is 0 Å². The number of hydrogen-bond acceptors (Lipinski definition) is 4. The summed E-state index contributed by atoms with van der Waals surface area (Å²) in [5.41, 5.74) is 2.21. The lowest BCUT2D eigenvalue weighted by molar-refractivity contribution is 0.0922. The second kappa shape index (κ2) is 9.18. The molecule has 0 amide bonds. The SMILES string of the molecule is CSc1ccc(C(=O)CCN2CCN(Cc3ccccc3)CC2)cc1. The van der Waals surface area contributed by atoms with Crippen molar-refractivity contribution in [2.24, 2.45) is 0 Å². The first-order chi connectivity index (χ1) is 12.2. The van der Waals surface area contributed by atoms with Crippen molar-refractivity contribution in [1.82, 2.24) is 9.80 Å². The molecule has 2 aromatic rings. The van der Waals surface area contributed by atoms with Crippen LogP contribution >= 0.6 is 11.8 Å². The highest BCUT2D eigenvalue weighted by atomic mass is 32.2. The molecule has 3 rings (SSSR count). The number of nitrogens with zero attached hydrogens (tertiary/aromatic N) is 2. The summed E-state index contributed by atoms with van der Waals surface area (Å²) in [6.07, 6.45) is 2.66. The summed E-state index contributed by atoms with van der Waals surface area (Å²) in [5, 5.41) is 0. The van der Waals surface area contributed by atoms with Gasteiger partial charge in [0.25, 0.3) is 0 Å². The summed E-state index contributed by atoms with van der Waals surface area (Å²) in [7, 11) is 0. The fraction of sp³-hybridized carbons (Fsp3) is 0.381. The highest BCUT2D eigenvalue weighted by molar-refractivity contribution is 7.98. The van der Waals surface area contributed by atoms with E-state index in [9.17, 15) is 4.79 Å². The van der Waals surface area contributed by atoms with Gasteiger partial charge in [-0.25, -0.2) is 0 Å².